The van der Waals surface area contributed by atoms with Crippen LogP contribution in [-0.2, 0) is 6.54 Å². The molecule has 0 aromatic carbocycles. The predicted molar refractivity (Wildman–Crippen MR) is 80.2 cm³/mol. The summed E-state index contributed by atoms with van der Waals surface area (Å²) in [7, 11) is 3.74. The highest BCUT2D eigenvalue weighted by molar-refractivity contribution is 7.07. The number of hydrogen-bond acceptors (Lipinski definition) is 4. The molecule has 0 aliphatic carbocycles. The van der Waals surface area contributed by atoms with E-state index in [2.05, 4.69) is 27.1 Å². The van der Waals surface area contributed by atoms with E-state index in [0.717, 1.165) is 12.4 Å². The van der Waals surface area contributed by atoms with Gasteiger partial charge in [-0.2, -0.15) is 11.3 Å². The molecular formula is C12H13Cl2N3S. The van der Waals surface area contributed by atoms with Gasteiger partial charge in [0.05, 0.1) is 10.0 Å². The van der Waals surface area contributed by atoms with Gasteiger partial charge in [-0.1, -0.05) is 23.2 Å². The van der Waals surface area contributed by atoms with Crippen molar-refractivity contribution in [2.45, 2.75) is 6.54 Å². The second-order valence-corrected chi connectivity index (χ2v) is 5.46. The van der Waals surface area contributed by atoms with Crippen LogP contribution in [0, 0.1) is 0 Å². The fourth-order valence-electron chi connectivity index (χ4n) is 1.63. The Bertz CT molecular complexity index is 528. The third-order valence-corrected chi connectivity index (χ3v) is 3.81. The minimum Gasteiger partial charge on any atom is -0.372 e. The lowest BCUT2D eigenvalue weighted by Crippen LogP contribution is -2.18. The Labute approximate surface area is 120 Å². The Morgan fingerprint density at radius 2 is 2.17 bits per heavy atom. The molecule has 2 rings (SSSR count). The highest BCUT2D eigenvalue weighted by Gasteiger charge is 2.12. The third-order valence-electron chi connectivity index (χ3n) is 2.51. The zero-order chi connectivity index (χ0) is 13.1. The van der Waals surface area contributed by atoms with E-state index >= 15 is 0 Å². The molecule has 0 spiro atoms. The maximum Gasteiger partial charge on any atom is 0.149 e. The lowest BCUT2D eigenvalue weighted by atomic mass is 10.3. The molecule has 0 saturated heterocycles. The fraction of sp³-hybridized carbons (Fsp3) is 0.250. The number of aromatic nitrogens is 1. The average Bonchev–Trinajstić information content (AvgIpc) is 2.81. The molecule has 2 heterocycles. The third kappa shape index (κ3) is 2.88. The van der Waals surface area contributed by atoms with E-state index in [-0.39, 0.29) is 0 Å². The number of halogens is 2. The zero-order valence-electron chi connectivity index (χ0n) is 10.1. The number of rotatable bonds is 4. The van der Waals surface area contributed by atoms with Gasteiger partial charge in [0.2, 0.25) is 0 Å². The van der Waals surface area contributed by atoms with Gasteiger partial charge in [-0.25, -0.2) is 4.98 Å². The van der Waals surface area contributed by atoms with Gasteiger partial charge in [-0.05, 0) is 28.5 Å². The molecule has 2 aromatic heterocycles. The maximum absolute atomic E-state index is 6.18. The van der Waals surface area contributed by atoms with E-state index in [4.69, 9.17) is 23.2 Å². The van der Waals surface area contributed by atoms with Crippen LogP contribution in [0.2, 0.25) is 10.0 Å². The van der Waals surface area contributed by atoms with Crippen LogP contribution in [-0.4, -0.2) is 19.1 Å². The number of nitrogens with zero attached hydrogens (tertiary/aromatic N) is 2. The molecular weight excluding hydrogens is 289 g/mol. The Balaban J connectivity index is 2.26. The van der Waals surface area contributed by atoms with Crippen molar-refractivity contribution < 1.29 is 0 Å². The average molecular weight is 302 g/mol. The van der Waals surface area contributed by atoms with E-state index in [1.807, 2.05) is 11.9 Å². The summed E-state index contributed by atoms with van der Waals surface area (Å²) >= 11 is 13.9. The summed E-state index contributed by atoms with van der Waals surface area (Å²) in [6, 6.07) is 3.80. The Morgan fingerprint density at radius 1 is 1.39 bits per heavy atom. The molecule has 18 heavy (non-hydrogen) atoms. The van der Waals surface area contributed by atoms with Gasteiger partial charge in [0.15, 0.2) is 0 Å². The number of thiophene rings is 1. The minimum atomic E-state index is 0.523. The molecule has 0 aliphatic heterocycles. The SMILES string of the molecule is CNc1nc(N(C)Cc2ccsc2)c(Cl)cc1Cl. The molecule has 0 atom stereocenters. The van der Waals surface area contributed by atoms with Crippen LogP contribution >= 0.6 is 34.5 Å². The summed E-state index contributed by atoms with van der Waals surface area (Å²) in [6.45, 7) is 0.765. The van der Waals surface area contributed by atoms with Crippen LogP contribution in [0.4, 0.5) is 11.6 Å². The van der Waals surface area contributed by atoms with Crippen molar-refractivity contribution in [2.75, 3.05) is 24.3 Å². The summed E-state index contributed by atoms with van der Waals surface area (Å²) in [5.74, 6) is 1.35. The first-order valence-electron chi connectivity index (χ1n) is 5.38. The normalized spacial score (nSPS) is 10.4. The van der Waals surface area contributed by atoms with E-state index in [1.165, 1.54) is 5.56 Å². The number of nitrogens with one attached hydrogen (secondary N) is 1. The van der Waals surface area contributed by atoms with Crippen LogP contribution in [0.15, 0.2) is 22.9 Å². The van der Waals surface area contributed by atoms with E-state index in [0.29, 0.717) is 15.9 Å². The lowest BCUT2D eigenvalue weighted by molar-refractivity contribution is 0.903. The molecule has 0 amide bonds. The highest BCUT2D eigenvalue weighted by atomic mass is 35.5. The summed E-state index contributed by atoms with van der Waals surface area (Å²) in [5.41, 5.74) is 1.24. The zero-order valence-corrected chi connectivity index (χ0v) is 12.4. The van der Waals surface area contributed by atoms with Crippen molar-refractivity contribution in [2.24, 2.45) is 0 Å². The Morgan fingerprint density at radius 3 is 2.78 bits per heavy atom. The van der Waals surface area contributed by atoms with Crippen LogP contribution in [0.25, 0.3) is 0 Å². The monoisotopic (exact) mass is 301 g/mol. The largest absolute Gasteiger partial charge is 0.372 e. The summed E-state index contributed by atoms with van der Waals surface area (Å²) in [4.78, 5) is 6.43. The molecule has 96 valence electrons. The van der Waals surface area contributed by atoms with Gasteiger partial charge >= 0.3 is 0 Å². The standard InChI is InChI=1S/C12H13Cl2N3S/c1-15-11-9(13)5-10(14)12(16-11)17(2)6-8-3-4-18-7-8/h3-5,7H,6H2,1-2H3,(H,15,16). The Hall–Kier alpha value is -0.970. The first kappa shape index (κ1) is 13.5. The number of anilines is 2. The molecule has 3 nitrogen and oxygen atoms in total. The van der Waals surface area contributed by atoms with Crippen molar-refractivity contribution in [3.63, 3.8) is 0 Å². The first-order valence-corrected chi connectivity index (χ1v) is 7.07. The maximum atomic E-state index is 6.18. The lowest BCUT2D eigenvalue weighted by Gasteiger charge is -2.20. The van der Waals surface area contributed by atoms with Gasteiger partial charge in [0, 0.05) is 20.6 Å². The summed E-state index contributed by atoms with van der Waals surface area (Å²) < 4.78 is 0. The van der Waals surface area contributed by atoms with Gasteiger partial charge in [-0.3, -0.25) is 0 Å². The molecule has 6 heteroatoms. The molecule has 0 saturated carbocycles. The van der Waals surface area contributed by atoms with Gasteiger partial charge in [0.1, 0.15) is 11.6 Å². The van der Waals surface area contributed by atoms with Crippen LogP contribution < -0.4 is 10.2 Å². The minimum absolute atomic E-state index is 0.523. The van der Waals surface area contributed by atoms with E-state index < -0.39 is 0 Å². The van der Waals surface area contributed by atoms with Gasteiger partial charge in [0.25, 0.3) is 0 Å². The van der Waals surface area contributed by atoms with Crippen molar-refractivity contribution in [3.05, 3.63) is 38.5 Å². The molecule has 1 N–H and O–H groups in total. The van der Waals surface area contributed by atoms with Crippen molar-refractivity contribution in [1.29, 1.82) is 0 Å². The first-order chi connectivity index (χ1) is 8.61. The van der Waals surface area contributed by atoms with Crippen LogP contribution in [0.1, 0.15) is 5.56 Å². The second-order valence-electron chi connectivity index (χ2n) is 3.86. The van der Waals surface area contributed by atoms with Crippen molar-refractivity contribution in [3.8, 4) is 0 Å². The number of pyridine rings is 1. The van der Waals surface area contributed by atoms with E-state index in [9.17, 15) is 0 Å². The van der Waals surface area contributed by atoms with Gasteiger partial charge in [-0.15, -0.1) is 0 Å². The molecule has 0 fully saturated rings. The van der Waals surface area contributed by atoms with Gasteiger partial charge < -0.3 is 10.2 Å². The van der Waals surface area contributed by atoms with Crippen LogP contribution in [0.3, 0.4) is 0 Å². The molecule has 0 bridgehead atoms. The molecule has 0 aliphatic rings. The highest BCUT2D eigenvalue weighted by Crippen LogP contribution is 2.31. The summed E-state index contributed by atoms with van der Waals surface area (Å²) in [6.07, 6.45) is 0. The number of hydrogen-bond donors (Lipinski definition) is 1. The van der Waals surface area contributed by atoms with E-state index in [1.54, 1.807) is 24.5 Å². The Kier molecular flexibility index (Phi) is 4.32. The van der Waals surface area contributed by atoms with Crippen molar-refractivity contribution >= 4 is 46.2 Å². The topological polar surface area (TPSA) is 28.2 Å². The smallest absolute Gasteiger partial charge is 0.149 e. The second kappa shape index (κ2) is 5.78. The quantitative estimate of drug-likeness (QED) is 0.920. The molecule has 0 unspecified atom stereocenters. The molecule has 0 radical (unpaired) electrons. The molecule has 2 aromatic rings. The van der Waals surface area contributed by atoms with Crippen molar-refractivity contribution in [1.82, 2.24) is 4.98 Å². The fourth-order valence-corrected chi connectivity index (χ4v) is 2.89. The predicted octanol–water partition coefficient (Wildman–Crippen LogP) is 4.13. The van der Waals surface area contributed by atoms with Crippen LogP contribution in [0.5, 0.6) is 0 Å². The summed E-state index contributed by atoms with van der Waals surface area (Å²) in [5, 5.41) is 8.19.